The van der Waals surface area contributed by atoms with Crippen molar-refractivity contribution in [1.29, 1.82) is 0 Å². The number of hydrazine groups is 1. The summed E-state index contributed by atoms with van der Waals surface area (Å²) in [5, 5.41) is 16.3. The normalized spacial score (nSPS) is 14.7. The van der Waals surface area contributed by atoms with Gasteiger partial charge in [-0.05, 0) is 45.1 Å². The van der Waals surface area contributed by atoms with E-state index >= 15 is 0 Å². The highest BCUT2D eigenvalue weighted by Gasteiger charge is 2.24. The van der Waals surface area contributed by atoms with Crippen molar-refractivity contribution in [3.63, 3.8) is 0 Å². The number of hydrogen-bond donors (Lipinski definition) is 3. The quantitative estimate of drug-likeness (QED) is 0.263. The molecule has 0 unspecified atom stereocenters. The van der Waals surface area contributed by atoms with Crippen molar-refractivity contribution in [2.24, 2.45) is 16.1 Å². The summed E-state index contributed by atoms with van der Waals surface area (Å²) in [7, 11) is 0. The molecule has 1 amide bonds. The number of nitrogens with zero attached hydrogens (tertiary/aromatic N) is 3. The number of nitrogens with one attached hydrogen (secondary N) is 2. The number of amides is 1. The molecule has 3 rings (SSSR count). The number of aromatic amines is 1. The summed E-state index contributed by atoms with van der Waals surface area (Å²) < 4.78 is 0. The predicted molar refractivity (Wildman–Crippen MR) is 89.5 cm³/mol. The van der Waals surface area contributed by atoms with E-state index in [-0.39, 0.29) is 5.91 Å². The van der Waals surface area contributed by atoms with E-state index in [0.717, 1.165) is 42.6 Å². The molecule has 8 heteroatoms. The fourth-order valence-electron chi connectivity index (χ4n) is 2.89. The van der Waals surface area contributed by atoms with Gasteiger partial charge in [0, 0.05) is 4.88 Å². The third-order valence-corrected chi connectivity index (χ3v) is 5.27. The lowest BCUT2D eigenvalue weighted by Crippen LogP contribution is -2.30. The molecule has 2 heterocycles. The molecule has 1 aliphatic carbocycles. The van der Waals surface area contributed by atoms with Crippen LogP contribution in [0.4, 0.5) is 10.7 Å². The Morgan fingerprint density at radius 3 is 2.74 bits per heavy atom. The van der Waals surface area contributed by atoms with Gasteiger partial charge >= 0.3 is 0 Å². The van der Waals surface area contributed by atoms with Crippen LogP contribution in [0.5, 0.6) is 0 Å². The van der Waals surface area contributed by atoms with E-state index in [0.29, 0.717) is 16.3 Å². The molecule has 1 aliphatic rings. The molecule has 2 aromatic rings. The van der Waals surface area contributed by atoms with Gasteiger partial charge in [-0.2, -0.15) is 5.10 Å². The fraction of sp³-hybridized carbons (Fsp3) is 0.467. The summed E-state index contributed by atoms with van der Waals surface area (Å²) in [4.78, 5) is 13.5. The van der Waals surface area contributed by atoms with Crippen molar-refractivity contribution >= 4 is 27.9 Å². The summed E-state index contributed by atoms with van der Waals surface area (Å²) in [5.74, 6) is 5.07. The highest BCUT2D eigenvalue weighted by atomic mass is 32.1. The Kier molecular flexibility index (Phi) is 4.53. The van der Waals surface area contributed by atoms with E-state index in [1.54, 1.807) is 11.3 Å². The minimum Gasteiger partial charge on any atom is -0.290 e. The van der Waals surface area contributed by atoms with Gasteiger partial charge in [-0.1, -0.05) is 6.42 Å². The van der Waals surface area contributed by atoms with E-state index in [1.165, 1.54) is 11.3 Å². The molecule has 0 atom stereocenters. The van der Waals surface area contributed by atoms with Crippen molar-refractivity contribution < 1.29 is 4.79 Å². The zero-order chi connectivity index (χ0) is 16.4. The van der Waals surface area contributed by atoms with Gasteiger partial charge in [-0.25, -0.2) is 5.84 Å². The van der Waals surface area contributed by atoms with Crippen LogP contribution in [0, 0.1) is 13.8 Å². The molecule has 0 saturated carbocycles. The number of aryl methyl sites for hydroxylation is 3. The van der Waals surface area contributed by atoms with Gasteiger partial charge in [0.1, 0.15) is 5.69 Å². The van der Waals surface area contributed by atoms with Crippen LogP contribution in [-0.4, -0.2) is 16.1 Å². The van der Waals surface area contributed by atoms with Crippen molar-refractivity contribution in [3.05, 3.63) is 27.4 Å². The van der Waals surface area contributed by atoms with Crippen LogP contribution in [0.1, 0.15) is 51.4 Å². The van der Waals surface area contributed by atoms with Gasteiger partial charge < -0.3 is 0 Å². The van der Waals surface area contributed by atoms with E-state index in [1.807, 2.05) is 13.8 Å². The molecular weight excluding hydrogens is 312 g/mol. The molecule has 0 spiro atoms. The van der Waals surface area contributed by atoms with Crippen molar-refractivity contribution in [2.45, 2.75) is 46.0 Å². The third-order valence-electron chi connectivity index (χ3n) is 4.09. The first-order valence-corrected chi connectivity index (χ1v) is 8.52. The average Bonchev–Trinajstić information content (AvgIpc) is 2.95. The number of carbonyl (C=O) groups is 1. The van der Waals surface area contributed by atoms with E-state index < -0.39 is 0 Å². The Hall–Kier alpha value is -2.06. The van der Waals surface area contributed by atoms with Crippen LogP contribution in [0.3, 0.4) is 0 Å². The second kappa shape index (κ2) is 6.59. The average molecular weight is 332 g/mol. The Bertz CT molecular complexity index is 741. The van der Waals surface area contributed by atoms with E-state index in [2.05, 4.69) is 25.9 Å². The monoisotopic (exact) mass is 332 g/mol. The number of nitrogens with two attached hydrogens (primary N) is 1. The van der Waals surface area contributed by atoms with Crippen molar-refractivity contribution in [2.75, 3.05) is 0 Å². The first-order chi connectivity index (χ1) is 11.1. The maximum Gasteiger partial charge on any atom is 0.268 e. The van der Waals surface area contributed by atoms with E-state index in [9.17, 15) is 4.79 Å². The largest absolute Gasteiger partial charge is 0.290 e. The zero-order valence-electron chi connectivity index (χ0n) is 13.3. The molecule has 4 N–H and O–H groups in total. The second-order valence-corrected chi connectivity index (χ2v) is 6.78. The topological polar surface area (TPSA) is 109 Å². The summed E-state index contributed by atoms with van der Waals surface area (Å²) in [6, 6.07) is 0. The molecular formula is C15H20N6OS. The highest BCUT2D eigenvalue weighted by Crippen LogP contribution is 2.40. The summed E-state index contributed by atoms with van der Waals surface area (Å²) in [6.45, 7) is 3.76. The smallest absolute Gasteiger partial charge is 0.268 e. The Balaban J connectivity index is 2.03. The van der Waals surface area contributed by atoms with Crippen LogP contribution < -0.4 is 11.3 Å². The number of thiophene rings is 1. The molecule has 0 aliphatic heterocycles. The molecule has 0 radical (unpaired) electrons. The highest BCUT2D eigenvalue weighted by molar-refractivity contribution is 7.16. The Morgan fingerprint density at radius 2 is 2.04 bits per heavy atom. The first kappa shape index (κ1) is 15.8. The Morgan fingerprint density at radius 1 is 1.26 bits per heavy atom. The molecule has 0 aromatic carbocycles. The van der Waals surface area contributed by atoms with Gasteiger partial charge in [0.2, 0.25) is 0 Å². The number of H-pyrrole nitrogens is 1. The number of fused-ring (bicyclic) bond motifs is 1. The van der Waals surface area contributed by atoms with Gasteiger partial charge in [-0.3, -0.25) is 15.3 Å². The van der Waals surface area contributed by atoms with Gasteiger partial charge in [0.05, 0.1) is 17.0 Å². The second-order valence-electron chi connectivity index (χ2n) is 5.70. The number of aromatic nitrogens is 2. The number of azo groups is 1. The van der Waals surface area contributed by atoms with Crippen LogP contribution >= 0.6 is 11.3 Å². The third kappa shape index (κ3) is 3.04. The lowest BCUT2D eigenvalue weighted by molar-refractivity contribution is 0.0953. The lowest BCUT2D eigenvalue weighted by atomic mass is 10.1. The van der Waals surface area contributed by atoms with Crippen LogP contribution in [0.15, 0.2) is 10.2 Å². The zero-order valence-corrected chi connectivity index (χ0v) is 14.1. The minimum atomic E-state index is -0.293. The van der Waals surface area contributed by atoms with Gasteiger partial charge in [0.15, 0.2) is 5.00 Å². The number of rotatable bonds is 3. The summed E-state index contributed by atoms with van der Waals surface area (Å²) in [6.07, 6.45) is 5.31. The molecule has 2 aromatic heterocycles. The van der Waals surface area contributed by atoms with Gasteiger partial charge in [-0.15, -0.1) is 21.6 Å². The van der Waals surface area contributed by atoms with Gasteiger partial charge in [0.25, 0.3) is 5.91 Å². The fourth-order valence-corrected chi connectivity index (χ4v) is 4.10. The maximum absolute atomic E-state index is 12.2. The van der Waals surface area contributed by atoms with Crippen molar-refractivity contribution in [1.82, 2.24) is 15.6 Å². The van der Waals surface area contributed by atoms with Crippen molar-refractivity contribution in [3.8, 4) is 0 Å². The Labute approximate surface area is 138 Å². The predicted octanol–water partition coefficient (Wildman–Crippen LogP) is 3.38. The maximum atomic E-state index is 12.2. The SMILES string of the molecule is Cc1n[nH]c(C)c1N=Nc1sc2c(c1C(=O)NN)CCCCC2. The van der Waals surface area contributed by atoms with Crippen LogP contribution in [0.2, 0.25) is 0 Å². The number of hydrogen-bond acceptors (Lipinski definition) is 6. The minimum absolute atomic E-state index is 0.293. The molecule has 0 saturated heterocycles. The molecule has 23 heavy (non-hydrogen) atoms. The first-order valence-electron chi connectivity index (χ1n) is 7.70. The van der Waals surface area contributed by atoms with Crippen LogP contribution in [0.25, 0.3) is 0 Å². The summed E-state index contributed by atoms with van der Waals surface area (Å²) in [5.41, 5.74) is 6.27. The van der Waals surface area contributed by atoms with E-state index in [4.69, 9.17) is 5.84 Å². The molecule has 122 valence electrons. The molecule has 7 nitrogen and oxygen atoms in total. The lowest BCUT2D eigenvalue weighted by Gasteiger charge is -2.03. The summed E-state index contributed by atoms with van der Waals surface area (Å²) >= 11 is 1.55. The molecule has 0 fully saturated rings. The van der Waals surface area contributed by atoms with Crippen LogP contribution in [-0.2, 0) is 12.8 Å². The standard InChI is InChI=1S/C15H20N6OS/c1-8-13(9(2)19-18-8)20-21-15-12(14(22)17-16)10-6-4-3-5-7-11(10)23-15/h3-7,16H2,1-2H3,(H,17,22)(H,18,19). The number of carbonyl (C=O) groups excluding carboxylic acids is 1. The number of nitrogen functional groups attached to an aromatic ring is 1. The molecule has 0 bridgehead atoms.